The average molecular weight is 300 g/mol. The van der Waals surface area contributed by atoms with Crippen LogP contribution in [0.15, 0.2) is 24.3 Å². The Hall–Kier alpha value is -1.71. The Bertz CT molecular complexity index is 423. The first-order chi connectivity index (χ1) is 9.99. The predicted octanol–water partition coefficient (Wildman–Crippen LogP) is 0.597. The molecule has 0 aliphatic rings. The minimum atomic E-state index is -0.767. The SMILES string of the molecule is N[C@@H](Cc1ccc(O)cc1)C(=O)OCCCCON(O)O. The van der Waals surface area contributed by atoms with E-state index in [1.807, 2.05) is 0 Å². The molecule has 21 heavy (non-hydrogen) atoms. The molecule has 0 amide bonds. The van der Waals surface area contributed by atoms with Gasteiger partial charge < -0.3 is 15.6 Å². The molecule has 5 N–H and O–H groups in total. The highest BCUT2D eigenvalue weighted by atomic mass is 17.1. The van der Waals surface area contributed by atoms with Gasteiger partial charge in [0.2, 0.25) is 0 Å². The second kappa shape index (κ2) is 9.27. The third-order valence-corrected chi connectivity index (χ3v) is 2.68. The first-order valence-electron chi connectivity index (χ1n) is 6.50. The number of nitrogens with two attached hydrogens (primary N) is 1. The summed E-state index contributed by atoms with van der Waals surface area (Å²) in [4.78, 5) is 16.0. The lowest BCUT2D eigenvalue weighted by atomic mass is 10.1. The van der Waals surface area contributed by atoms with E-state index in [-0.39, 0.29) is 24.4 Å². The van der Waals surface area contributed by atoms with Crippen LogP contribution in [0.3, 0.4) is 0 Å². The fraction of sp³-hybridized carbons (Fsp3) is 0.462. The average Bonchev–Trinajstić information content (AvgIpc) is 2.44. The van der Waals surface area contributed by atoms with Crippen molar-refractivity contribution in [1.82, 2.24) is 5.39 Å². The lowest BCUT2D eigenvalue weighted by molar-refractivity contribution is -0.492. The van der Waals surface area contributed by atoms with Crippen molar-refractivity contribution in [1.29, 1.82) is 0 Å². The first kappa shape index (κ1) is 17.3. The normalized spacial score (nSPS) is 12.4. The summed E-state index contributed by atoms with van der Waals surface area (Å²) in [6.07, 6.45) is 1.34. The van der Waals surface area contributed by atoms with Gasteiger partial charge in [0.25, 0.3) is 0 Å². The fourth-order valence-corrected chi connectivity index (χ4v) is 1.60. The molecule has 0 saturated heterocycles. The monoisotopic (exact) mass is 300 g/mol. The van der Waals surface area contributed by atoms with Crippen molar-refractivity contribution >= 4 is 5.97 Å². The molecule has 1 aromatic carbocycles. The second-order valence-electron chi connectivity index (χ2n) is 4.44. The Labute approximate surface area is 122 Å². The summed E-state index contributed by atoms with van der Waals surface area (Å²) >= 11 is 0. The van der Waals surface area contributed by atoms with E-state index >= 15 is 0 Å². The van der Waals surface area contributed by atoms with E-state index in [1.165, 1.54) is 12.1 Å². The van der Waals surface area contributed by atoms with Gasteiger partial charge in [-0.25, -0.2) is 0 Å². The predicted molar refractivity (Wildman–Crippen MR) is 71.3 cm³/mol. The van der Waals surface area contributed by atoms with Crippen molar-refractivity contribution in [3.8, 4) is 5.75 Å². The lowest BCUT2D eigenvalue weighted by Gasteiger charge is -2.12. The van der Waals surface area contributed by atoms with E-state index in [2.05, 4.69) is 4.84 Å². The van der Waals surface area contributed by atoms with Gasteiger partial charge in [-0.1, -0.05) is 12.1 Å². The van der Waals surface area contributed by atoms with Gasteiger partial charge in [-0.3, -0.25) is 20.0 Å². The summed E-state index contributed by atoms with van der Waals surface area (Å²) in [5, 5.41) is 25.3. The molecule has 0 aliphatic carbocycles. The molecule has 0 radical (unpaired) electrons. The standard InChI is InChI=1S/C13H20N2O6/c14-12(9-10-3-5-11(16)6-4-10)13(17)20-7-1-2-8-21-15(18)19/h3-6,12,16,18-19H,1-2,7-9,14H2/t12-/m0/s1. The molecule has 0 aliphatic heterocycles. The van der Waals surface area contributed by atoms with Gasteiger partial charge in [0.1, 0.15) is 11.8 Å². The largest absolute Gasteiger partial charge is 0.508 e. The number of phenolic OH excluding ortho intramolecular Hbond substituents is 1. The summed E-state index contributed by atoms with van der Waals surface area (Å²) < 4.78 is 5.00. The van der Waals surface area contributed by atoms with Crippen molar-refractivity contribution in [2.45, 2.75) is 25.3 Å². The zero-order valence-corrected chi connectivity index (χ0v) is 11.5. The number of aromatic hydroxyl groups is 1. The molecule has 8 nitrogen and oxygen atoms in total. The number of carbonyl (C=O) groups excluding carboxylic acids is 1. The Morgan fingerprint density at radius 1 is 1.19 bits per heavy atom. The van der Waals surface area contributed by atoms with Gasteiger partial charge in [-0.15, -0.1) is 0 Å². The number of nitrogens with zero attached hydrogens (tertiary/aromatic N) is 1. The summed E-state index contributed by atoms with van der Waals surface area (Å²) in [5.74, 6) is -0.351. The van der Waals surface area contributed by atoms with E-state index in [1.54, 1.807) is 12.1 Å². The van der Waals surface area contributed by atoms with Gasteiger partial charge in [-0.05, 0) is 37.0 Å². The fourth-order valence-electron chi connectivity index (χ4n) is 1.60. The lowest BCUT2D eigenvalue weighted by Crippen LogP contribution is -2.34. The molecule has 1 atom stereocenters. The number of phenols is 1. The Morgan fingerprint density at radius 2 is 1.81 bits per heavy atom. The van der Waals surface area contributed by atoms with Gasteiger partial charge in [0.15, 0.2) is 0 Å². The number of ether oxygens (including phenoxy) is 1. The van der Waals surface area contributed by atoms with Gasteiger partial charge in [0.05, 0.1) is 18.6 Å². The van der Waals surface area contributed by atoms with E-state index in [0.717, 1.165) is 5.56 Å². The van der Waals surface area contributed by atoms with Crippen LogP contribution < -0.4 is 5.73 Å². The van der Waals surface area contributed by atoms with Crippen LogP contribution in [-0.4, -0.2) is 46.1 Å². The van der Waals surface area contributed by atoms with E-state index in [4.69, 9.17) is 26.0 Å². The Kier molecular flexibility index (Phi) is 7.65. The molecule has 1 aromatic rings. The number of unbranched alkanes of at least 4 members (excludes halogenated alkanes) is 1. The number of rotatable bonds is 9. The molecule has 118 valence electrons. The molecule has 0 bridgehead atoms. The van der Waals surface area contributed by atoms with Crippen LogP contribution in [0.1, 0.15) is 18.4 Å². The van der Waals surface area contributed by atoms with E-state index < -0.39 is 12.0 Å². The van der Waals surface area contributed by atoms with Crippen LogP contribution in [0, 0.1) is 0 Å². The van der Waals surface area contributed by atoms with Crippen molar-refractivity contribution in [2.75, 3.05) is 13.2 Å². The molecule has 0 spiro atoms. The van der Waals surface area contributed by atoms with Crippen molar-refractivity contribution < 1.29 is 29.9 Å². The summed E-state index contributed by atoms with van der Waals surface area (Å²) in [6.45, 7) is 0.284. The minimum Gasteiger partial charge on any atom is -0.508 e. The number of benzene rings is 1. The van der Waals surface area contributed by atoms with Gasteiger partial charge in [0, 0.05) is 0 Å². The molecule has 0 aromatic heterocycles. The third kappa shape index (κ3) is 7.59. The van der Waals surface area contributed by atoms with E-state index in [9.17, 15) is 4.79 Å². The van der Waals surface area contributed by atoms with Crippen molar-refractivity contribution in [2.24, 2.45) is 5.73 Å². The van der Waals surface area contributed by atoms with Crippen molar-refractivity contribution in [3.63, 3.8) is 0 Å². The third-order valence-electron chi connectivity index (χ3n) is 2.68. The number of hydrogen-bond acceptors (Lipinski definition) is 8. The highest BCUT2D eigenvalue weighted by Crippen LogP contribution is 2.11. The Morgan fingerprint density at radius 3 is 2.43 bits per heavy atom. The summed E-state index contributed by atoms with van der Waals surface area (Å²) in [7, 11) is 0. The smallest absolute Gasteiger partial charge is 0.323 e. The molecule has 0 fully saturated rings. The van der Waals surface area contributed by atoms with Crippen LogP contribution in [0.2, 0.25) is 0 Å². The van der Waals surface area contributed by atoms with Crippen LogP contribution in [-0.2, 0) is 20.8 Å². The highest BCUT2D eigenvalue weighted by Gasteiger charge is 2.15. The number of esters is 1. The maximum Gasteiger partial charge on any atom is 0.323 e. The maximum atomic E-state index is 11.6. The van der Waals surface area contributed by atoms with Crippen LogP contribution >= 0.6 is 0 Å². The Balaban J connectivity index is 2.18. The highest BCUT2D eigenvalue weighted by molar-refractivity contribution is 5.75. The minimum absolute atomic E-state index is 0.101. The zero-order chi connectivity index (χ0) is 15.7. The molecule has 0 unspecified atom stereocenters. The number of hydrogen-bond donors (Lipinski definition) is 4. The van der Waals surface area contributed by atoms with Gasteiger partial charge >= 0.3 is 5.97 Å². The molecule has 1 rings (SSSR count). The van der Waals surface area contributed by atoms with Crippen LogP contribution in [0.5, 0.6) is 5.75 Å². The van der Waals surface area contributed by atoms with E-state index in [0.29, 0.717) is 19.3 Å². The van der Waals surface area contributed by atoms with Crippen molar-refractivity contribution in [3.05, 3.63) is 29.8 Å². The van der Waals surface area contributed by atoms with Crippen LogP contribution in [0.4, 0.5) is 0 Å². The quantitative estimate of drug-likeness (QED) is 0.297. The molecule has 0 saturated carbocycles. The molecule has 0 heterocycles. The summed E-state index contributed by atoms with van der Waals surface area (Å²) in [5.41, 5.74) is 6.56. The van der Waals surface area contributed by atoms with Crippen LogP contribution in [0.25, 0.3) is 0 Å². The summed E-state index contributed by atoms with van der Waals surface area (Å²) in [6, 6.07) is 5.67. The molecular formula is C13H20N2O6. The first-order valence-corrected chi connectivity index (χ1v) is 6.50. The molecule has 8 heteroatoms. The maximum absolute atomic E-state index is 11.6. The number of carbonyl (C=O) groups is 1. The molecular weight excluding hydrogens is 280 g/mol. The topological polar surface area (TPSA) is 125 Å². The zero-order valence-electron chi connectivity index (χ0n) is 11.5. The second-order valence-corrected chi connectivity index (χ2v) is 4.44. The van der Waals surface area contributed by atoms with Gasteiger partial charge in [-0.2, -0.15) is 0 Å².